The average Bonchev–Trinajstić information content (AvgIpc) is 2.94. The number of anilines is 1. The lowest BCUT2D eigenvalue weighted by Crippen LogP contribution is -2.44. The minimum absolute atomic E-state index is 0.602. The summed E-state index contributed by atoms with van der Waals surface area (Å²) < 4.78 is 0. The predicted molar refractivity (Wildman–Crippen MR) is 73.0 cm³/mol. The first-order valence-corrected chi connectivity index (χ1v) is 7.16. The summed E-state index contributed by atoms with van der Waals surface area (Å²) in [4.78, 5) is 10.9. The number of aromatic nitrogens is 2. The summed E-state index contributed by atoms with van der Waals surface area (Å²) in [7, 11) is 0. The maximum Gasteiger partial charge on any atom is 0.225 e. The molecule has 4 nitrogen and oxygen atoms in total. The maximum absolute atomic E-state index is 5.83. The molecule has 3 rings (SSSR count). The largest absolute Gasteiger partial charge is 0.340 e. The molecule has 2 aliphatic rings. The fourth-order valence-electron chi connectivity index (χ4n) is 3.10. The van der Waals surface area contributed by atoms with Gasteiger partial charge in [-0.3, -0.25) is 0 Å². The lowest BCUT2D eigenvalue weighted by Gasteiger charge is -2.35. The van der Waals surface area contributed by atoms with Crippen LogP contribution < -0.4 is 10.2 Å². The monoisotopic (exact) mass is 266 g/mol. The number of piperidine rings is 1. The third-order valence-corrected chi connectivity index (χ3v) is 4.21. The van der Waals surface area contributed by atoms with Gasteiger partial charge in [0.25, 0.3) is 0 Å². The highest BCUT2D eigenvalue weighted by Gasteiger charge is 2.29. The zero-order valence-electron chi connectivity index (χ0n) is 10.5. The van der Waals surface area contributed by atoms with Crippen molar-refractivity contribution in [3.05, 3.63) is 17.4 Å². The number of nitrogens with one attached hydrogen (secondary N) is 1. The molecular weight excluding hydrogens is 248 g/mol. The zero-order valence-corrected chi connectivity index (χ0v) is 11.2. The number of hydrogen-bond donors (Lipinski definition) is 1. The van der Waals surface area contributed by atoms with Crippen LogP contribution in [0.25, 0.3) is 0 Å². The normalized spacial score (nSPS) is 28.6. The molecule has 0 saturated carbocycles. The Kier molecular flexibility index (Phi) is 3.66. The van der Waals surface area contributed by atoms with Crippen molar-refractivity contribution in [3.63, 3.8) is 0 Å². The van der Waals surface area contributed by atoms with E-state index in [-0.39, 0.29) is 0 Å². The molecule has 0 aliphatic carbocycles. The molecule has 0 amide bonds. The van der Waals surface area contributed by atoms with E-state index in [1.807, 2.05) is 0 Å². The van der Waals surface area contributed by atoms with E-state index in [0.717, 1.165) is 25.0 Å². The predicted octanol–water partition coefficient (Wildman–Crippen LogP) is 2.10. The smallest absolute Gasteiger partial charge is 0.225 e. The maximum atomic E-state index is 5.83. The van der Waals surface area contributed by atoms with Crippen LogP contribution in [0.3, 0.4) is 0 Å². The Labute approximate surface area is 113 Å². The van der Waals surface area contributed by atoms with E-state index in [1.165, 1.54) is 32.2 Å². The Balaban J connectivity index is 1.67. The number of hydrogen-bond acceptors (Lipinski definition) is 4. The highest BCUT2D eigenvalue weighted by Crippen LogP contribution is 2.26. The molecule has 2 saturated heterocycles. The minimum Gasteiger partial charge on any atom is -0.340 e. The van der Waals surface area contributed by atoms with Crippen molar-refractivity contribution < 1.29 is 0 Å². The van der Waals surface area contributed by atoms with Gasteiger partial charge in [-0.15, -0.1) is 0 Å². The van der Waals surface area contributed by atoms with Crippen LogP contribution >= 0.6 is 11.6 Å². The van der Waals surface area contributed by atoms with Crippen molar-refractivity contribution in [3.8, 4) is 0 Å². The van der Waals surface area contributed by atoms with Gasteiger partial charge in [-0.1, -0.05) is 11.6 Å². The van der Waals surface area contributed by atoms with Gasteiger partial charge in [-0.05, 0) is 38.1 Å². The molecule has 2 fully saturated rings. The minimum atomic E-state index is 0.602. The van der Waals surface area contributed by atoms with Crippen LogP contribution in [0.5, 0.6) is 0 Å². The molecule has 0 spiro atoms. The van der Waals surface area contributed by atoms with Crippen LogP contribution in [0.15, 0.2) is 12.4 Å². The van der Waals surface area contributed by atoms with Crippen LogP contribution in [0.1, 0.15) is 25.7 Å². The Bertz CT molecular complexity index is 388. The van der Waals surface area contributed by atoms with Crippen molar-refractivity contribution in [2.75, 3.05) is 24.5 Å². The van der Waals surface area contributed by atoms with Crippen molar-refractivity contribution in [2.45, 2.75) is 31.7 Å². The van der Waals surface area contributed by atoms with Crippen molar-refractivity contribution in [2.24, 2.45) is 5.92 Å². The molecule has 1 aromatic rings. The Morgan fingerprint density at radius 2 is 2.06 bits per heavy atom. The molecule has 0 aromatic carbocycles. The summed E-state index contributed by atoms with van der Waals surface area (Å²) >= 11 is 5.83. The van der Waals surface area contributed by atoms with E-state index >= 15 is 0 Å². The molecule has 2 unspecified atom stereocenters. The van der Waals surface area contributed by atoms with Gasteiger partial charge in [0.05, 0.1) is 17.4 Å². The summed E-state index contributed by atoms with van der Waals surface area (Å²) in [6.07, 6.45) is 8.55. The Hall–Kier alpha value is -0.870. The van der Waals surface area contributed by atoms with Crippen LogP contribution in [0.2, 0.25) is 5.02 Å². The molecule has 2 atom stereocenters. The zero-order chi connectivity index (χ0) is 12.4. The summed E-state index contributed by atoms with van der Waals surface area (Å²) in [6, 6.07) is 0.695. The lowest BCUT2D eigenvalue weighted by molar-refractivity contribution is 0.327. The average molecular weight is 267 g/mol. The van der Waals surface area contributed by atoms with Gasteiger partial charge in [0, 0.05) is 19.1 Å². The van der Waals surface area contributed by atoms with Crippen molar-refractivity contribution in [1.29, 1.82) is 0 Å². The van der Waals surface area contributed by atoms with Crippen LogP contribution in [-0.2, 0) is 0 Å². The molecular formula is C13H19ClN4. The third-order valence-electron chi connectivity index (χ3n) is 4.01. The Morgan fingerprint density at radius 3 is 2.78 bits per heavy atom. The van der Waals surface area contributed by atoms with E-state index in [4.69, 9.17) is 11.6 Å². The second kappa shape index (κ2) is 5.41. The summed E-state index contributed by atoms with van der Waals surface area (Å²) in [5.74, 6) is 1.56. The first-order chi connectivity index (χ1) is 8.83. The SMILES string of the molecule is Clc1cnc(N2CCCC(C3CCCN3)C2)nc1. The van der Waals surface area contributed by atoms with E-state index < -0.39 is 0 Å². The fraction of sp³-hybridized carbons (Fsp3) is 0.692. The van der Waals surface area contributed by atoms with Crippen LogP contribution in [-0.4, -0.2) is 35.6 Å². The van der Waals surface area contributed by atoms with E-state index in [0.29, 0.717) is 11.1 Å². The first kappa shape index (κ1) is 12.2. The topological polar surface area (TPSA) is 41.1 Å². The molecule has 18 heavy (non-hydrogen) atoms. The van der Waals surface area contributed by atoms with Gasteiger partial charge in [0.15, 0.2) is 0 Å². The second-order valence-electron chi connectivity index (χ2n) is 5.25. The van der Waals surface area contributed by atoms with Gasteiger partial charge < -0.3 is 10.2 Å². The molecule has 1 N–H and O–H groups in total. The Morgan fingerprint density at radius 1 is 1.22 bits per heavy atom. The molecule has 3 heterocycles. The molecule has 98 valence electrons. The van der Waals surface area contributed by atoms with Gasteiger partial charge >= 0.3 is 0 Å². The van der Waals surface area contributed by atoms with Crippen LogP contribution in [0, 0.1) is 5.92 Å². The lowest BCUT2D eigenvalue weighted by atomic mass is 9.90. The standard InChI is InChI=1S/C13H19ClN4/c14-11-7-16-13(17-8-11)18-6-2-3-10(9-18)12-4-1-5-15-12/h7-8,10,12,15H,1-6,9H2. The third kappa shape index (κ3) is 2.59. The van der Waals surface area contributed by atoms with E-state index in [2.05, 4.69) is 20.2 Å². The van der Waals surface area contributed by atoms with Gasteiger partial charge in [-0.25, -0.2) is 9.97 Å². The second-order valence-corrected chi connectivity index (χ2v) is 5.69. The molecule has 5 heteroatoms. The fourth-order valence-corrected chi connectivity index (χ4v) is 3.20. The summed E-state index contributed by atoms with van der Waals surface area (Å²) in [5.41, 5.74) is 0. The quantitative estimate of drug-likeness (QED) is 0.890. The van der Waals surface area contributed by atoms with E-state index in [9.17, 15) is 0 Å². The number of nitrogens with zero attached hydrogens (tertiary/aromatic N) is 3. The van der Waals surface area contributed by atoms with Gasteiger partial charge in [0.2, 0.25) is 5.95 Å². The first-order valence-electron chi connectivity index (χ1n) is 6.79. The van der Waals surface area contributed by atoms with Crippen molar-refractivity contribution in [1.82, 2.24) is 15.3 Å². The van der Waals surface area contributed by atoms with Gasteiger partial charge in [0.1, 0.15) is 0 Å². The van der Waals surface area contributed by atoms with Crippen molar-refractivity contribution >= 4 is 17.5 Å². The highest BCUT2D eigenvalue weighted by molar-refractivity contribution is 6.30. The van der Waals surface area contributed by atoms with Gasteiger partial charge in [-0.2, -0.15) is 0 Å². The molecule has 1 aromatic heterocycles. The summed E-state index contributed by atoms with van der Waals surface area (Å²) in [6.45, 7) is 3.31. The number of rotatable bonds is 2. The van der Waals surface area contributed by atoms with Crippen LogP contribution in [0.4, 0.5) is 5.95 Å². The summed E-state index contributed by atoms with van der Waals surface area (Å²) in [5, 5.41) is 4.22. The molecule has 0 radical (unpaired) electrons. The molecule has 0 bridgehead atoms. The molecule has 2 aliphatic heterocycles. The van der Waals surface area contributed by atoms with E-state index in [1.54, 1.807) is 12.4 Å². The highest BCUT2D eigenvalue weighted by atomic mass is 35.5. The number of halogens is 1.